The third kappa shape index (κ3) is 2.28. The monoisotopic (exact) mass is 305 g/mol. The molecule has 0 radical (unpaired) electrons. The largest absolute Gasteiger partial charge is 0.508 e. The van der Waals surface area contributed by atoms with E-state index >= 15 is 0 Å². The van der Waals surface area contributed by atoms with Gasteiger partial charge in [0.25, 0.3) is 5.91 Å². The van der Waals surface area contributed by atoms with Crippen LogP contribution in [0.25, 0.3) is 10.1 Å². The zero-order valence-electron chi connectivity index (χ0n) is 11.6. The summed E-state index contributed by atoms with van der Waals surface area (Å²) in [5.74, 6) is 0.717. The van der Waals surface area contributed by atoms with Gasteiger partial charge in [-0.2, -0.15) is 4.37 Å². The predicted molar refractivity (Wildman–Crippen MR) is 83.8 cm³/mol. The first-order chi connectivity index (χ1) is 10.2. The minimum Gasteiger partial charge on any atom is -0.508 e. The highest BCUT2D eigenvalue weighted by Crippen LogP contribution is 2.29. The number of amides is 1. The highest BCUT2D eigenvalue weighted by molar-refractivity contribution is 7.13. The van der Waals surface area contributed by atoms with Crippen molar-refractivity contribution in [2.24, 2.45) is 5.92 Å². The van der Waals surface area contributed by atoms with Crippen LogP contribution >= 0.6 is 11.5 Å². The van der Waals surface area contributed by atoms with Crippen LogP contribution in [0.15, 0.2) is 18.2 Å². The topological polar surface area (TPSA) is 65.5 Å². The molecule has 2 bridgehead atoms. The minimum absolute atomic E-state index is 0. The highest BCUT2D eigenvalue weighted by Gasteiger charge is 2.35. The van der Waals surface area contributed by atoms with Gasteiger partial charge in [-0.15, -0.1) is 0 Å². The van der Waals surface area contributed by atoms with E-state index in [2.05, 4.69) is 14.6 Å². The lowest BCUT2D eigenvalue weighted by Gasteiger charge is -2.44. The summed E-state index contributed by atoms with van der Waals surface area (Å²) in [5.41, 5.74) is 0.478. The molecule has 3 saturated heterocycles. The molecule has 1 aromatic heterocycles. The summed E-state index contributed by atoms with van der Waals surface area (Å²) >= 11 is 1.25. The van der Waals surface area contributed by atoms with Crippen LogP contribution in [0.1, 0.15) is 24.8 Å². The van der Waals surface area contributed by atoms with Gasteiger partial charge < -0.3 is 15.3 Å². The molecule has 2 N–H and O–H groups in total. The molecule has 3 fully saturated rings. The van der Waals surface area contributed by atoms with E-state index in [-0.39, 0.29) is 19.1 Å². The van der Waals surface area contributed by atoms with Gasteiger partial charge in [0.2, 0.25) is 0 Å². The van der Waals surface area contributed by atoms with E-state index in [1.54, 1.807) is 18.2 Å². The van der Waals surface area contributed by atoms with Crippen LogP contribution < -0.4 is 5.32 Å². The number of benzene rings is 1. The van der Waals surface area contributed by atoms with Crippen molar-refractivity contribution in [2.45, 2.75) is 18.9 Å². The summed E-state index contributed by atoms with van der Waals surface area (Å²) in [5, 5.41) is 13.5. The second-order valence-electron chi connectivity index (χ2n) is 5.93. The SMILES string of the molecule is O=C(N[C@@H]1CN2CCC1CC2)c1nsc2cc(O)ccc12.[HH]. The smallest absolute Gasteiger partial charge is 0.271 e. The van der Waals surface area contributed by atoms with Crippen LogP contribution in [0.4, 0.5) is 0 Å². The van der Waals surface area contributed by atoms with Gasteiger partial charge in [-0.1, -0.05) is 0 Å². The number of aromatic nitrogens is 1. The van der Waals surface area contributed by atoms with Crippen molar-refractivity contribution in [1.29, 1.82) is 0 Å². The molecule has 2 aromatic rings. The Morgan fingerprint density at radius 2 is 2.24 bits per heavy atom. The molecule has 1 amide bonds. The van der Waals surface area contributed by atoms with Gasteiger partial charge in [-0.25, -0.2) is 0 Å². The number of nitrogens with zero attached hydrogens (tertiary/aromatic N) is 2. The standard InChI is InChI=1S/C15H17N3O2S.H2/c19-10-1-2-11-13(7-10)21-17-14(11)15(20)16-12-8-18-5-3-9(12)4-6-18;/h1-2,7,9,12,19H,3-6,8H2,(H,16,20);1H/t12-;/m1./s1. The van der Waals surface area contributed by atoms with Gasteiger partial charge in [0.15, 0.2) is 0 Å². The normalized spacial score (nSPS) is 27.9. The molecule has 3 aliphatic heterocycles. The van der Waals surface area contributed by atoms with Crippen LogP contribution in [-0.2, 0) is 0 Å². The number of phenols is 1. The van der Waals surface area contributed by atoms with Crippen LogP contribution in [0.3, 0.4) is 0 Å². The number of carbonyl (C=O) groups excluding carboxylic acids is 1. The molecule has 6 heteroatoms. The zero-order chi connectivity index (χ0) is 14.4. The molecule has 21 heavy (non-hydrogen) atoms. The van der Waals surface area contributed by atoms with Gasteiger partial charge in [0, 0.05) is 19.4 Å². The van der Waals surface area contributed by atoms with Crippen molar-refractivity contribution >= 4 is 27.5 Å². The number of piperidine rings is 3. The number of aromatic hydroxyl groups is 1. The van der Waals surface area contributed by atoms with E-state index in [1.807, 2.05) is 0 Å². The molecular formula is C15H19N3O2S. The summed E-state index contributed by atoms with van der Waals surface area (Å²) in [4.78, 5) is 14.9. The Morgan fingerprint density at radius 1 is 1.43 bits per heavy atom. The van der Waals surface area contributed by atoms with Gasteiger partial charge in [0.1, 0.15) is 11.4 Å². The Bertz CT molecular complexity index is 697. The molecule has 0 unspecified atom stereocenters. The Kier molecular flexibility index (Phi) is 3.08. The fourth-order valence-corrected chi connectivity index (χ4v) is 4.26. The third-order valence-electron chi connectivity index (χ3n) is 4.64. The molecule has 0 saturated carbocycles. The second kappa shape index (κ2) is 4.96. The van der Waals surface area contributed by atoms with Crippen molar-refractivity contribution in [3.8, 4) is 5.75 Å². The highest BCUT2D eigenvalue weighted by atomic mass is 32.1. The number of carbonyl (C=O) groups is 1. The lowest BCUT2D eigenvalue weighted by molar-refractivity contribution is 0.0619. The van der Waals surface area contributed by atoms with Crippen molar-refractivity contribution in [3.63, 3.8) is 0 Å². The first kappa shape index (κ1) is 13.0. The van der Waals surface area contributed by atoms with Crippen LogP contribution in [0, 0.1) is 5.92 Å². The molecular weight excluding hydrogens is 286 g/mol. The molecule has 5 nitrogen and oxygen atoms in total. The lowest BCUT2D eigenvalue weighted by atomic mass is 9.84. The number of phenolic OH excluding ortho intramolecular Hbond substituents is 1. The van der Waals surface area contributed by atoms with Gasteiger partial charge in [-0.05, 0) is 61.6 Å². The molecule has 3 aliphatic rings. The minimum atomic E-state index is -0.0920. The van der Waals surface area contributed by atoms with Crippen LogP contribution in [-0.4, -0.2) is 46.0 Å². The Balaban J connectivity index is 0.00000144. The predicted octanol–water partition coefficient (Wildman–Crippen LogP) is 2.07. The number of hydrogen-bond donors (Lipinski definition) is 2. The summed E-state index contributed by atoms with van der Waals surface area (Å²) in [6, 6.07) is 5.26. The Morgan fingerprint density at radius 3 is 2.95 bits per heavy atom. The van der Waals surface area contributed by atoms with E-state index in [9.17, 15) is 9.90 Å². The summed E-state index contributed by atoms with van der Waals surface area (Å²) in [6.45, 7) is 3.28. The first-order valence-electron chi connectivity index (χ1n) is 7.32. The average Bonchev–Trinajstić information content (AvgIpc) is 2.91. The van der Waals surface area contributed by atoms with Crippen molar-refractivity contribution in [1.82, 2.24) is 14.6 Å². The molecule has 1 atom stereocenters. The van der Waals surface area contributed by atoms with Crippen LogP contribution in [0.2, 0.25) is 0 Å². The summed E-state index contributed by atoms with van der Waals surface area (Å²) in [6.07, 6.45) is 2.35. The van der Waals surface area contributed by atoms with E-state index in [4.69, 9.17) is 0 Å². The first-order valence-corrected chi connectivity index (χ1v) is 8.09. The summed E-state index contributed by atoms with van der Waals surface area (Å²) < 4.78 is 5.11. The molecule has 112 valence electrons. The van der Waals surface area contributed by atoms with E-state index < -0.39 is 0 Å². The molecule has 0 aliphatic carbocycles. The quantitative estimate of drug-likeness (QED) is 0.891. The maximum Gasteiger partial charge on any atom is 0.271 e. The Hall–Kier alpha value is -1.66. The van der Waals surface area contributed by atoms with E-state index in [0.717, 1.165) is 29.7 Å². The fraction of sp³-hybridized carbons (Fsp3) is 0.467. The zero-order valence-corrected chi connectivity index (χ0v) is 12.4. The van der Waals surface area contributed by atoms with Gasteiger partial charge in [0.05, 0.1) is 4.70 Å². The molecule has 4 heterocycles. The molecule has 0 spiro atoms. The second-order valence-corrected chi connectivity index (χ2v) is 6.73. The fourth-order valence-electron chi connectivity index (χ4n) is 3.46. The Labute approximate surface area is 128 Å². The number of nitrogens with one attached hydrogen (secondary N) is 1. The van der Waals surface area contributed by atoms with Gasteiger partial charge >= 0.3 is 0 Å². The number of fused-ring (bicyclic) bond motifs is 4. The number of rotatable bonds is 2. The average molecular weight is 305 g/mol. The molecule has 5 rings (SSSR count). The lowest BCUT2D eigenvalue weighted by Crippen LogP contribution is -2.57. The van der Waals surface area contributed by atoms with E-state index in [0.29, 0.717) is 11.6 Å². The van der Waals surface area contributed by atoms with Crippen LogP contribution in [0.5, 0.6) is 5.75 Å². The van der Waals surface area contributed by atoms with Crippen molar-refractivity contribution in [3.05, 3.63) is 23.9 Å². The van der Waals surface area contributed by atoms with Crippen molar-refractivity contribution in [2.75, 3.05) is 19.6 Å². The maximum absolute atomic E-state index is 12.5. The molecule has 1 aromatic carbocycles. The van der Waals surface area contributed by atoms with E-state index in [1.165, 1.54) is 24.4 Å². The number of hydrogen-bond acceptors (Lipinski definition) is 5. The summed E-state index contributed by atoms with van der Waals surface area (Å²) in [7, 11) is 0. The van der Waals surface area contributed by atoms with Gasteiger partial charge in [-0.3, -0.25) is 4.79 Å². The third-order valence-corrected chi connectivity index (χ3v) is 5.45. The maximum atomic E-state index is 12.5. The van der Waals surface area contributed by atoms with Crippen molar-refractivity contribution < 1.29 is 11.3 Å².